The molecule has 0 unspecified atom stereocenters. The molecule has 0 radical (unpaired) electrons. The summed E-state index contributed by atoms with van der Waals surface area (Å²) in [7, 11) is 0. The summed E-state index contributed by atoms with van der Waals surface area (Å²) in [6.07, 6.45) is 0. The lowest BCUT2D eigenvalue weighted by atomic mass is 9.81. The molecule has 0 heterocycles. The predicted molar refractivity (Wildman–Crippen MR) is 193 cm³/mol. The highest BCUT2D eigenvalue weighted by molar-refractivity contribution is 6.21. The minimum Gasteiger partial charge on any atom is -0.0622 e. The van der Waals surface area contributed by atoms with Crippen molar-refractivity contribution in [3.63, 3.8) is 0 Å². The predicted octanol–water partition coefficient (Wildman–Crippen LogP) is 12.5. The average molecular weight is 573 g/mol. The average Bonchev–Trinajstić information content (AvgIpc) is 3.33. The first-order chi connectivity index (χ1) is 22.1. The number of hydrogen-bond acceptors (Lipinski definition) is 0. The minimum absolute atomic E-state index is 0.0675. The largest absolute Gasteiger partial charge is 0.0622 e. The Morgan fingerprint density at radius 3 is 1.56 bits per heavy atom. The third-order valence-electron chi connectivity index (χ3n) is 10.0. The van der Waals surface area contributed by atoms with Crippen molar-refractivity contribution in [3.05, 3.63) is 169 Å². The van der Waals surface area contributed by atoms with Gasteiger partial charge in [0.1, 0.15) is 0 Å². The van der Waals surface area contributed by atoms with Crippen LogP contribution in [0.4, 0.5) is 0 Å². The van der Waals surface area contributed by atoms with Gasteiger partial charge in [-0.25, -0.2) is 0 Å². The highest BCUT2D eigenvalue weighted by atomic mass is 14.4. The van der Waals surface area contributed by atoms with E-state index in [-0.39, 0.29) is 5.41 Å². The SMILES string of the molecule is CC1(C)c2cc(-c3cccc(-c4c5ccccc5c(-c5ccccc5)c5ccccc45)c3)ccc2-c2c1ccc1ccccc21. The molecule has 0 saturated carbocycles. The van der Waals surface area contributed by atoms with Gasteiger partial charge in [-0.3, -0.25) is 0 Å². The van der Waals surface area contributed by atoms with E-state index in [1.165, 1.54) is 88.0 Å². The molecule has 0 amide bonds. The van der Waals surface area contributed by atoms with E-state index in [1.807, 2.05) is 0 Å². The lowest BCUT2D eigenvalue weighted by molar-refractivity contribution is 0.661. The molecule has 8 aromatic rings. The Kier molecular flexibility index (Phi) is 5.64. The number of rotatable bonds is 3. The zero-order chi connectivity index (χ0) is 30.1. The van der Waals surface area contributed by atoms with E-state index in [2.05, 4.69) is 172 Å². The fraction of sp³-hybridized carbons (Fsp3) is 0.0667. The van der Waals surface area contributed by atoms with Crippen LogP contribution in [0, 0.1) is 0 Å². The van der Waals surface area contributed by atoms with Crippen molar-refractivity contribution in [3.8, 4) is 44.5 Å². The van der Waals surface area contributed by atoms with Crippen LogP contribution in [0.3, 0.4) is 0 Å². The van der Waals surface area contributed by atoms with Crippen molar-refractivity contribution in [1.82, 2.24) is 0 Å². The van der Waals surface area contributed by atoms with Crippen molar-refractivity contribution >= 4 is 32.3 Å². The van der Waals surface area contributed by atoms with Crippen molar-refractivity contribution in [2.45, 2.75) is 19.3 Å². The molecule has 0 spiro atoms. The van der Waals surface area contributed by atoms with Gasteiger partial charge in [-0.05, 0) is 100 Å². The first-order valence-electron chi connectivity index (χ1n) is 15.9. The van der Waals surface area contributed by atoms with E-state index in [4.69, 9.17) is 0 Å². The summed E-state index contributed by atoms with van der Waals surface area (Å²) < 4.78 is 0. The summed E-state index contributed by atoms with van der Waals surface area (Å²) in [5.74, 6) is 0. The maximum absolute atomic E-state index is 2.44. The van der Waals surface area contributed by atoms with Gasteiger partial charge in [0.05, 0.1) is 0 Å². The Labute approximate surface area is 264 Å². The van der Waals surface area contributed by atoms with Crippen LogP contribution in [-0.4, -0.2) is 0 Å². The molecule has 0 saturated heterocycles. The smallest absolute Gasteiger partial charge is 0.0159 e. The van der Waals surface area contributed by atoms with E-state index in [1.54, 1.807) is 0 Å². The van der Waals surface area contributed by atoms with Crippen molar-refractivity contribution in [1.29, 1.82) is 0 Å². The molecule has 45 heavy (non-hydrogen) atoms. The molecule has 8 aromatic carbocycles. The zero-order valence-corrected chi connectivity index (χ0v) is 25.5. The van der Waals surface area contributed by atoms with E-state index in [9.17, 15) is 0 Å². The molecule has 0 fully saturated rings. The Hall–Kier alpha value is -5.46. The quantitative estimate of drug-likeness (QED) is 0.185. The molecule has 9 rings (SSSR count). The first kappa shape index (κ1) is 26.0. The van der Waals surface area contributed by atoms with Crippen LogP contribution in [0.25, 0.3) is 76.8 Å². The Balaban J connectivity index is 1.24. The minimum atomic E-state index is -0.0675. The first-order valence-corrected chi connectivity index (χ1v) is 15.9. The lowest BCUT2D eigenvalue weighted by Gasteiger charge is -2.22. The molecular weight excluding hydrogens is 540 g/mol. The summed E-state index contributed by atoms with van der Waals surface area (Å²) in [5.41, 5.74) is 13.1. The normalized spacial score (nSPS) is 13.3. The lowest BCUT2D eigenvalue weighted by Crippen LogP contribution is -2.15. The van der Waals surface area contributed by atoms with E-state index in [0.29, 0.717) is 0 Å². The molecule has 0 aliphatic heterocycles. The van der Waals surface area contributed by atoms with Gasteiger partial charge in [0.2, 0.25) is 0 Å². The molecule has 1 aliphatic carbocycles. The Bertz CT molecular complexity index is 2390. The highest BCUT2D eigenvalue weighted by Gasteiger charge is 2.36. The van der Waals surface area contributed by atoms with Crippen molar-refractivity contribution in [2.75, 3.05) is 0 Å². The van der Waals surface area contributed by atoms with Gasteiger partial charge in [-0.15, -0.1) is 0 Å². The van der Waals surface area contributed by atoms with Crippen LogP contribution in [0.15, 0.2) is 158 Å². The van der Waals surface area contributed by atoms with Gasteiger partial charge in [0.15, 0.2) is 0 Å². The topological polar surface area (TPSA) is 0 Å². The van der Waals surface area contributed by atoms with Crippen molar-refractivity contribution in [2.24, 2.45) is 0 Å². The molecule has 1 aliphatic rings. The second-order valence-corrected chi connectivity index (χ2v) is 12.9. The van der Waals surface area contributed by atoms with Crippen LogP contribution in [0.5, 0.6) is 0 Å². The molecule has 0 heteroatoms. The number of benzene rings is 8. The number of fused-ring (bicyclic) bond motifs is 7. The molecule has 0 nitrogen and oxygen atoms in total. The second-order valence-electron chi connectivity index (χ2n) is 12.9. The summed E-state index contributed by atoms with van der Waals surface area (Å²) in [4.78, 5) is 0. The van der Waals surface area contributed by atoms with Crippen LogP contribution < -0.4 is 0 Å². The molecule has 0 bridgehead atoms. The van der Waals surface area contributed by atoms with Gasteiger partial charge in [-0.2, -0.15) is 0 Å². The summed E-state index contributed by atoms with van der Waals surface area (Å²) in [6, 6.07) is 58.3. The monoisotopic (exact) mass is 572 g/mol. The fourth-order valence-electron chi connectivity index (χ4n) is 7.90. The second kappa shape index (κ2) is 9.78. The van der Waals surface area contributed by atoms with Crippen LogP contribution in [0.2, 0.25) is 0 Å². The third-order valence-corrected chi connectivity index (χ3v) is 10.0. The molecule has 0 N–H and O–H groups in total. The molecule has 0 aromatic heterocycles. The van der Waals surface area contributed by atoms with Crippen molar-refractivity contribution < 1.29 is 0 Å². The van der Waals surface area contributed by atoms with Gasteiger partial charge in [0, 0.05) is 5.41 Å². The Morgan fingerprint density at radius 2 is 0.867 bits per heavy atom. The van der Waals surface area contributed by atoms with Gasteiger partial charge in [-0.1, -0.05) is 159 Å². The van der Waals surface area contributed by atoms with E-state index in [0.717, 1.165) is 0 Å². The zero-order valence-electron chi connectivity index (χ0n) is 25.5. The van der Waals surface area contributed by atoms with Crippen LogP contribution in [0.1, 0.15) is 25.0 Å². The highest BCUT2D eigenvalue weighted by Crippen LogP contribution is 2.52. The summed E-state index contributed by atoms with van der Waals surface area (Å²) in [6.45, 7) is 4.75. The van der Waals surface area contributed by atoms with Gasteiger partial charge in [0.25, 0.3) is 0 Å². The maximum Gasteiger partial charge on any atom is 0.0159 e. The standard InChI is InChI=1S/C45H32/c1-45(2)40-26-24-29-13-6-7-18-34(29)44(40)39-25-23-32(28-41(39)45)31-16-12-17-33(27-31)43-37-21-10-8-19-35(37)42(30-14-4-3-5-15-30)36-20-9-11-22-38(36)43/h3-28H,1-2H3. The molecule has 212 valence electrons. The van der Waals surface area contributed by atoms with E-state index < -0.39 is 0 Å². The summed E-state index contributed by atoms with van der Waals surface area (Å²) >= 11 is 0. The van der Waals surface area contributed by atoms with Crippen LogP contribution in [-0.2, 0) is 5.41 Å². The van der Waals surface area contributed by atoms with E-state index >= 15 is 0 Å². The van der Waals surface area contributed by atoms with Crippen LogP contribution >= 0.6 is 0 Å². The number of hydrogen-bond donors (Lipinski definition) is 0. The summed E-state index contributed by atoms with van der Waals surface area (Å²) in [5, 5.41) is 7.78. The van der Waals surface area contributed by atoms with Gasteiger partial charge >= 0.3 is 0 Å². The molecular formula is C45H32. The maximum atomic E-state index is 2.44. The molecule has 0 atom stereocenters. The Morgan fingerprint density at radius 1 is 0.333 bits per heavy atom. The third kappa shape index (κ3) is 3.85. The fourth-order valence-corrected chi connectivity index (χ4v) is 7.90. The van der Waals surface area contributed by atoms with Gasteiger partial charge < -0.3 is 0 Å².